The molecule has 2 N–H and O–H groups in total. The van der Waals surface area contributed by atoms with Crippen molar-refractivity contribution in [2.45, 2.75) is 130 Å². The zero-order valence-corrected chi connectivity index (χ0v) is 28.8. The predicted octanol–water partition coefficient (Wildman–Crippen LogP) is 8.97. The Bertz CT molecular complexity index is 1350. The van der Waals surface area contributed by atoms with Crippen molar-refractivity contribution in [2.24, 2.45) is 10.8 Å². The van der Waals surface area contributed by atoms with E-state index in [-0.39, 0.29) is 34.2 Å². The number of ether oxygens (including phenoxy) is 2. The maximum absolute atomic E-state index is 11.1. The zero-order valence-electron chi connectivity index (χ0n) is 28.8. The molecular weight excluding hydrogens is 544 g/mol. The average Bonchev–Trinajstić information content (AvgIpc) is 3.30. The summed E-state index contributed by atoms with van der Waals surface area (Å²) in [6.45, 7) is 21.2. The van der Waals surface area contributed by atoms with E-state index in [1.807, 2.05) is 6.92 Å². The fourth-order valence-corrected chi connectivity index (χ4v) is 8.11. The first-order valence-electron chi connectivity index (χ1n) is 16.3. The molecule has 4 heteroatoms. The minimum atomic E-state index is -0.847. The highest BCUT2D eigenvalue weighted by Gasteiger charge is 2.74. The number of epoxide rings is 1. The molecule has 0 aromatic carbocycles. The highest BCUT2D eigenvalue weighted by Crippen LogP contribution is 2.66. The second-order valence-electron chi connectivity index (χ2n) is 15.5. The molecule has 4 nitrogen and oxygen atoms in total. The van der Waals surface area contributed by atoms with Crippen LogP contribution in [0.15, 0.2) is 107 Å². The van der Waals surface area contributed by atoms with Gasteiger partial charge in [0.15, 0.2) is 0 Å². The van der Waals surface area contributed by atoms with Crippen molar-refractivity contribution in [3.8, 4) is 0 Å². The fourth-order valence-electron chi connectivity index (χ4n) is 8.11. The summed E-state index contributed by atoms with van der Waals surface area (Å²) in [6.07, 6.45) is 32.4. The number of hydrogen-bond donors (Lipinski definition) is 2. The molecule has 240 valence electrons. The molecule has 0 spiro atoms. The van der Waals surface area contributed by atoms with Crippen LogP contribution in [0.1, 0.15) is 94.9 Å². The van der Waals surface area contributed by atoms with Crippen molar-refractivity contribution < 1.29 is 19.7 Å². The van der Waals surface area contributed by atoms with E-state index in [0.29, 0.717) is 12.8 Å². The first-order valence-corrected chi connectivity index (χ1v) is 16.3. The molecule has 1 saturated carbocycles. The first-order chi connectivity index (χ1) is 20.4. The topological polar surface area (TPSA) is 62.2 Å². The molecule has 4 rings (SSSR count). The molecule has 0 aromatic rings. The SMILES string of the molecule is CC(/C=C/C=C(C)/C=C/C12OC1(C)C[C@H](O)CC2(C)C)=C\C=C\C=C(C)\C=C\C=C(C)\C=C\[C@@]12O[C@@H](CC1(C)C)C[C@@]2(C)O. The molecular formula is C40H56O4. The lowest BCUT2D eigenvalue weighted by Crippen LogP contribution is -2.56. The van der Waals surface area contributed by atoms with E-state index >= 15 is 0 Å². The van der Waals surface area contributed by atoms with E-state index in [0.717, 1.165) is 24.0 Å². The summed E-state index contributed by atoms with van der Waals surface area (Å²) in [4.78, 5) is 0. The predicted molar refractivity (Wildman–Crippen MR) is 183 cm³/mol. The van der Waals surface area contributed by atoms with Gasteiger partial charge in [-0.3, -0.25) is 0 Å². The van der Waals surface area contributed by atoms with Crippen LogP contribution in [0.5, 0.6) is 0 Å². The van der Waals surface area contributed by atoms with Gasteiger partial charge in [-0.15, -0.1) is 0 Å². The number of fused-ring (bicyclic) bond motifs is 3. The molecule has 4 aliphatic rings. The molecule has 0 radical (unpaired) electrons. The van der Waals surface area contributed by atoms with Crippen LogP contribution >= 0.6 is 0 Å². The van der Waals surface area contributed by atoms with Gasteiger partial charge in [0.1, 0.15) is 16.8 Å². The number of aliphatic hydroxyl groups excluding tert-OH is 1. The summed E-state index contributed by atoms with van der Waals surface area (Å²) in [5.74, 6) is 0. The zero-order chi connectivity index (χ0) is 32.6. The smallest absolute Gasteiger partial charge is 0.121 e. The molecule has 6 atom stereocenters. The van der Waals surface area contributed by atoms with Gasteiger partial charge < -0.3 is 19.7 Å². The second kappa shape index (κ2) is 12.4. The molecule has 1 aliphatic carbocycles. The summed E-state index contributed by atoms with van der Waals surface area (Å²) in [6, 6.07) is 0. The van der Waals surface area contributed by atoms with Gasteiger partial charge in [-0.25, -0.2) is 0 Å². The highest BCUT2D eigenvalue weighted by atomic mass is 16.6. The third kappa shape index (κ3) is 6.70. The standard InChI is InChI=1S/C40H56O4/c1-29(17-13-19-31(3)21-23-39-36(7,8)27-34(43-39)28-37(39,9)42)15-11-12-16-30(2)18-14-20-32(4)22-24-40-35(5,6)25-33(41)26-38(40,10)44-40/h11-24,33-34,41-42H,25-28H2,1-10H3/b12-11+,17-13+,18-14+,23-21+,24-22+,29-15+,30-16+,31-19+,32-20+/t33-,34+,37-,38?,39-,40?/m1/s1. The summed E-state index contributed by atoms with van der Waals surface area (Å²) in [5.41, 5.74) is 2.37. The molecule has 0 aromatic heterocycles. The Balaban J connectivity index is 1.27. The number of aliphatic hydroxyl groups is 2. The number of allylic oxidation sites excluding steroid dienone is 16. The van der Waals surface area contributed by atoms with E-state index in [9.17, 15) is 10.2 Å². The second-order valence-corrected chi connectivity index (χ2v) is 15.5. The molecule has 3 saturated heterocycles. The Labute approximate surface area is 267 Å². The van der Waals surface area contributed by atoms with E-state index in [1.54, 1.807) is 0 Å². The summed E-state index contributed by atoms with van der Waals surface area (Å²) >= 11 is 0. The van der Waals surface area contributed by atoms with Gasteiger partial charge in [-0.2, -0.15) is 0 Å². The fraction of sp³-hybridized carbons (Fsp3) is 0.550. The van der Waals surface area contributed by atoms with Gasteiger partial charge in [-0.05, 0) is 66.5 Å². The van der Waals surface area contributed by atoms with Crippen LogP contribution in [0.2, 0.25) is 0 Å². The Morgan fingerprint density at radius 3 is 1.52 bits per heavy atom. The molecule has 2 bridgehead atoms. The van der Waals surface area contributed by atoms with Crippen molar-refractivity contribution >= 4 is 0 Å². The van der Waals surface area contributed by atoms with E-state index < -0.39 is 11.2 Å². The number of hydrogen-bond acceptors (Lipinski definition) is 4. The van der Waals surface area contributed by atoms with Crippen LogP contribution in [0.3, 0.4) is 0 Å². The molecule has 3 heterocycles. The van der Waals surface area contributed by atoms with Gasteiger partial charge in [0, 0.05) is 23.7 Å². The van der Waals surface area contributed by atoms with Crippen LogP contribution in [0.25, 0.3) is 0 Å². The number of rotatable bonds is 10. The maximum atomic E-state index is 11.1. The Kier molecular flexibility index (Phi) is 9.66. The van der Waals surface area contributed by atoms with E-state index in [1.165, 1.54) is 11.1 Å². The quantitative estimate of drug-likeness (QED) is 0.194. The molecule has 3 aliphatic heterocycles. The Morgan fingerprint density at radius 2 is 1.05 bits per heavy atom. The van der Waals surface area contributed by atoms with Crippen molar-refractivity contribution in [2.75, 3.05) is 0 Å². The van der Waals surface area contributed by atoms with Crippen LogP contribution in [0, 0.1) is 10.8 Å². The third-order valence-corrected chi connectivity index (χ3v) is 10.5. The molecule has 0 amide bonds. The van der Waals surface area contributed by atoms with Gasteiger partial charge in [0.25, 0.3) is 0 Å². The van der Waals surface area contributed by atoms with Crippen molar-refractivity contribution in [3.05, 3.63) is 107 Å². The van der Waals surface area contributed by atoms with Crippen LogP contribution in [0.4, 0.5) is 0 Å². The summed E-state index contributed by atoms with van der Waals surface area (Å²) in [5, 5.41) is 21.3. The Morgan fingerprint density at radius 1 is 0.591 bits per heavy atom. The van der Waals surface area contributed by atoms with Gasteiger partial charge in [0.2, 0.25) is 0 Å². The van der Waals surface area contributed by atoms with Gasteiger partial charge in [-0.1, -0.05) is 123 Å². The lowest BCUT2D eigenvalue weighted by Gasteiger charge is -2.46. The van der Waals surface area contributed by atoms with Crippen molar-refractivity contribution in [3.63, 3.8) is 0 Å². The van der Waals surface area contributed by atoms with Crippen LogP contribution in [-0.2, 0) is 9.47 Å². The van der Waals surface area contributed by atoms with Crippen molar-refractivity contribution in [1.82, 2.24) is 0 Å². The highest BCUT2D eigenvalue weighted by molar-refractivity contribution is 5.37. The van der Waals surface area contributed by atoms with Crippen molar-refractivity contribution in [1.29, 1.82) is 0 Å². The minimum Gasteiger partial charge on any atom is -0.393 e. The molecule has 4 fully saturated rings. The normalized spacial score (nSPS) is 39.2. The average molecular weight is 601 g/mol. The Hall–Kier alpha value is -2.50. The monoisotopic (exact) mass is 600 g/mol. The minimum absolute atomic E-state index is 0.0969. The molecule has 2 unspecified atom stereocenters. The van der Waals surface area contributed by atoms with E-state index in [4.69, 9.17) is 9.47 Å². The lowest BCUT2D eigenvalue weighted by atomic mass is 9.61. The van der Waals surface area contributed by atoms with Gasteiger partial charge >= 0.3 is 0 Å². The maximum Gasteiger partial charge on any atom is 0.121 e. The molecule has 44 heavy (non-hydrogen) atoms. The first kappa shape index (κ1) is 34.4. The third-order valence-electron chi connectivity index (χ3n) is 10.5. The van der Waals surface area contributed by atoms with E-state index in [2.05, 4.69) is 147 Å². The summed E-state index contributed by atoms with van der Waals surface area (Å²) < 4.78 is 12.6. The largest absolute Gasteiger partial charge is 0.393 e. The van der Waals surface area contributed by atoms with Crippen LogP contribution in [-0.4, -0.2) is 44.8 Å². The van der Waals surface area contributed by atoms with Crippen LogP contribution < -0.4 is 0 Å². The summed E-state index contributed by atoms with van der Waals surface area (Å²) in [7, 11) is 0. The van der Waals surface area contributed by atoms with Gasteiger partial charge in [0.05, 0.1) is 17.8 Å². The lowest BCUT2D eigenvalue weighted by molar-refractivity contribution is -0.115.